The van der Waals surface area contributed by atoms with Crippen LogP contribution in [0.15, 0.2) is 58.1 Å². The molecule has 1 fully saturated rings. The van der Waals surface area contributed by atoms with E-state index in [2.05, 4.69) is 10.6 Å². The fourth-order valence-electron chi connectivity index (χ4n) is 4.30. The third kappa shape index (κ3) is 5.83. The molecule has 2 heterocycles. The molecule has 36 heavy (non-hydrogen) atoms. The van der Waals surface area contributed by atoms with Crippen molar-refractivity contribution in [3.63, 3.8) is 0 Å². The smallest absolute Gasteiger partial charge is 0.331 e. The summed E-state index contributed by atoms with van der Waals surface area (Å²) in [7, 11) is 1.56. The number of aromatic nitrogens is 2. The van der Waals surface area contributed by atoms with Crippen molar-refractivity contribution in [2.75, 3.05) is 20.3 Å². The molecule has 1 aliphatic rings. The number of amides is 2. The first-order chi connectivity index (χ1) is 17.5. The minimum atomic E-state index is -0.636. The van der Waals surface area contributed by atoms with Crippen LogP contribution >= 0.6 is 0 Å². The van der Waals surface area contributed by atoms with Crippen molar-refractivity contribution in [1.82, 2.24) is 19.8 Å². The Morgan fingerprint density at radius 3 is 2.58 bits per heavy atom. The van der Waals surface area contributed by atoms with Gasteiger partial charge in [0.15, 0.2) is 0 Å². The summed E-state index contributed by atoms with van der Waals surface area (Å²) in [5.41, 5.74) is 0.0527. The molecule has 10 heteroatoms. The van der Waals surface area contributed by atoms with Crippen molar-refractivity contribution in [1.29, 1.82) is 0 Å². The zero-order valence-electron chi connectivity index (χ0n) is 20.2. The van der Waals surface area contributed by atoms with Crippen molar-refractivity contribution in [2.45, 2.75) is 45.0 Å². The largest absolute Gasteiger partial charge is 0.496 e. The molecule has 10 nitrogen and oxygen atoms in total. The molecule has 0 unspecified atom stereocenters. The number of hydrogen-bond donors (Lipinski definition) is 2. The van der Waals surface area contributed by atoms with Crippen molar-refractivity contribution < 1.29 is 19.1 Å². The van der Waals surface area contributed by atoms with Crippen LogP contribution in [0, 0.1) is 0 Å². The molecule has 3 aromatic rings. The lowest BCUT2D eigenvalue weighted by molar-refractivity contribution is -0.122. The first kappa shape index (κ1) is 25.2. The van der Waals surface area contributed by atoms with Gasteiger partial charge in [0.1, 0.15) is 12.3 Å². The summed E-state index contributed by atoms with van der Waals surface area (Å²) >= 11 is 0. The third-order valence-corrected chi connectivity index (χ3v) is 6.22. The van der Waals surface area contributed by atoms with E-state index in [9.17, 15) is 19.2 Å². The zero-order chi connectivity index (χ0) is 25.5. The van der Waals surface area contributed by atoms with Crippen LogP contribution < -0.4 is 26.6 Å². The summed E-state index contributed by atoms with van der Waals surface area (Å²) in [6.45, 7) is 0.953. The average molecular weight is 495 g/mol. The summed E-state index contributed by atoms with van der Waals surface area (Å²) in [4.78, 5) is 51.4. The predicted molar refractivity (Wildman–Crippen MR) is 134 cm³/mol. The first-order valence-corrected chi connectivity index (χ1v) is 12.0. The maximum absolute atomic E-state index is 13.2. The quantitative estimate of drug-likeness (QED) is 0.437. The van der Waals surface area contributed by atoms with Crippen molar-refractivity contribution in [3.8, 4) is 5.75 Å². The van der Waals surface area contributed by atoms with E-state index in [4.69, 9.17) is 9.47 Å². The number of benzene rings is 2. The normalized spacial score (nSPS) is 15.1. The van der Waals surface area contributed by atoms with Gasteiger partial charge in [-0.15, -0.1) is 0 Å². The number of rotatable bonds is 10. The van der Waals surface area contributed by atoms with Crippen molar-refractivity contribution in [3.05, 3.63) is 74.9 Å². The monoisotopic (exact) mass is 494 g/mol. The first-order valence-electron chi connectivity index (χ1n) is 12.0. The summed E-state index contributed by atoms with van der Waals surface area (Å²) < 4.78 is 13.1. The number of hydrogen-bond acceptors (Lipinski definition) is 6. The van der Waals surface area contributed by atoms with Gasteiger partial charge in [-0.25, -0.2) is 4.79 Å². The molecule has 0 radical (unpaired) electrons. The van der Waals surface area contributed by atoms with Crippen LogP contribution in [0.5, 0.6) is 5.75 Å². The number of carbonyl (C=O) groups is 2. The van der Waals surface area contributed by atoms with E-state index in [-0.39, 0.29) is 44.0 Å². The average Bonchev–Trinajstić information content (AvgIpc) is 3.42. The third-order valence-electron chi connectivity index (χ3n) is 6.22. The Balaban J connectivity index is 1.48. The number of nitrogens with one attached hydrogen (secondary N) is 2. The van der Waals surface area contributed by atoms with Gasteiger partial charge in [-0.2, -0.15) is 0 Å². The molecule has 2 aromatic carbocycles. The summed E-state index contributed by atoms with van der Waals surface area (Å²) in [6.07, 6.45) is 1.74. The molecule has 0 aliphatic carbocycles. The molecule has 1 aliphatic heterocycles. The second kappa shape index (κ2) is 11.7. The number of ether oxygens (including phenoxy) is 2. The molecule has 1 atom stereocenters. The van der Waals surface area contributed by atoms with Gasteiger partial charge >= 0.3 is 5.69 Å². The molecule has 2 amide bonds. The number of fused-ring (bicyclic) bond motifs is 1. The molecule has 0 spiro atoms. The molecule has 1 saturated heterocycles. The number of methoxy groups -OCH3 is 1. The summed E-state index contributed by atoms with van der Waals surface area (Å²) in [5.74, 6) is -0.0112. The lowest BCUT2D eigenvalue weighted by atomic mass is 10.2. The minimum Gasteiger partial charge on any atom is -0.496 e. The van der Waals surface area contributed by atoms with E-state index >= 15 is 0 Å². The Kier molecular flexibility index (Phi) is 8.17. The van der Waals surface area contributed by atoms with Gasteiger partial charge in [-0.3, -0.25) is 23.5 Å². The molecule has 4 rings (SSSR count). The molecule has 2 N–H and O–H groups in total. The fraction of sp³-hybridized carbons (Fsp3) is 0.385. The van der Waals surface area contributed by atoms with Gasteiger partial charge in [0.2, 0.25) is 11.8 Å². The second-order valence-electron chi connectivity index (χ2n) is 8.62. The molecular formula is C26H30N4O6. The summed E-state index contributed by atoms with van der Waals surface area (Å²) in [6, 6.07) is 14.0. The van der Waals surface area contributed by atoms with Crippen LogP contribution in [0.1, 0.15) is 24.8 Å². The maximum atomic E-state index is 13.2. The highest BCUT2D eigenvalue weighted by Gasteiger charge is 2.19. The lowest BCUT2D eigenvalue weighted by Gasteiger charge is -2.15. The van der Waals surface area contributed by atoms with Crippen LogP contribution in [0.2, 0.25) is 0 Å². The van der Waals surface area contributed by atoms with Crippen LogP contribution in [0.3, 0.4) is 0 Å². The highest BCUT2D eigenvalue weighted by Crippen LogP contribution is 2.16. The standard InChI is InChI=1S/C26H30N4O6/c1-35-22-11-5-2-7-18(22)15-27-23(31)12-13-29-25(33)20-9-3-4-10-21(20)30(26(29)34)17-24(32)28-16-19-8-6-14-36-19/h2-5,7,9-11,19H,6,8,12-17H2,1H3,(H,27,31)(H,28,32)/t19-/m0/s1. The Morgan fingerprint density at radius 1 is 1.03 bits per heavy atom. The molecule has 0 saturated carbocycles. The SMILES string of the molecule is COc1ccccc1CNC(=O)CCn1c(=O)c2ccccc2n(CC(=O)NC[C@@H]2CCCO2)c1=O. The van der Waals surface area contributed by atoms with Gasteiger partial charge in [-0.05, 0) is 31.0 Å². The maximum Gasteiger partial charge on any atom is 0.331 e. The van der Waals surface area contributed by atoms with Crippen LogP contribution in [0.25, 0.3) is 10.9 Å². The number of nitrogens with zero attached hydrogens (tertiary/aromatic N) is 2. The van der Waals surface area contributed by atoms with Gasteiger partial charge in [0.25, 0.3) is 5.56 Å². The number of para-hydroxylation sites is 2. The van der Waals surface area contributed by atoms with E-state index in [1.165, 1.54) is 4.57 Å². The Labute approximate surface area is 207 Å². The highest BCUT2D eigenvalue weighted by molar-refractivity contribution is 5.81. The molecule has 1 aromatic heterocycles. The molecule has 190 valence electrons. The molecule has 0 bridgehead atoms. The van der Waals surface area contributed by atoms with Gasteiger partial charge in [0, 0.05) is 38.2 Å². The highest BCUT2D eigenvalue weighted by atomic mass is 16.5. The fourth-order valence-corrected chi connectivity index (χ4v) is 4.30. The second-order valence-corrected chi connectivity index (χ2v) is 8.62. The Morgan fingerprint density at radius 2 is 1.81 bits per heavy atom. The van der Waals surface area contributed by atoms with Crippen LogP contribution in [-0.2, 0) is 34.0 Å². The minimum absolute atomic E-state index is 0.0225. The summed E-state index contributed by atoms with van der Waals surface area (Å²) in [5, 5.41) is 5.90. The van der Waals surface area contributed by atoms with Crippen molar-refractivity contribution >= 4 is 22.7 Å². The predicted octanol–water partition coefficient (Wildman–Crippen LogP) is 1.17. The van der Waals surface area contributed by atoms with E-state index in [0.29, 0.717) is 29.8 Å². The lowest BCUT2D eigenvalue weighted by Crippen LogP contribution is -2.44. The van der Waals surface area contributed by atoms with E-state index in [1.54, 1.807) is 37.4 Å². The van der Waals surface area contributed by atoms with E-state index in [0.717, 1.165) is 23.0 Å². The Bertz CT molecular complexity index is 1360. The number of carbonyl (C=O) groups excluding carboxylic acids is 2. The zero-order valence-corrected chi connectivity index (χ0v) is 20.2. The topological polar surface area (TPSA) is 121 Å². The van der Waals surface area contributed by atoms with E-state index in [1.807, 2.05) is 18.2 Å². The van der Waals surface area contributed by atoms with Gasteiger partial charge in [-0.1, -0.05) is 30.3 Å². The van der Waals surface area contributed by atoms with Crippen LogP contribution in [-0.4, -0.2) is 47.3 Å². The van der Waals surface area contributed by atoms with Crippen LogP contribution in [0.4, 0.5) is 0 Å². The van der Waals surface area contributed by atoms with Crippen molar-refractivity contribution in [2.24, 2.45) is 0 Å². The van der Waals surface area contributed by atoms with E-state index < -0.39 is 11.2 Å². The molecular weight excluding hydrogens is 464 g/mol. The van der Waals surface area contributed by atoms with Gasteiger partial charge in [0.05, 0.1) is 24.1 Å². The van der Waals surface area contributed by atoms with Gasteiger partial charge < -0.3 is 20.1 Å². The Hall–Kier alpha value is -3.92.